The Labute approximate surface area is 147 Å². The summed E-state index contributed by atoms with van der Waals surface area (Å²) < 4.78 is 73.8. The van der Waals surface area contributed by atoms with Gasteiger partial charge in [0, 0.05) is 30.3 Å². The normalized spacial score (nSPS) is 33.5. The lowest BCUT2D eigenvalue weighted by Gasteiger charge is -2.42. The molecule has 0 saturated carbocycles. The van der Waals surface area contributed by atoms with E-state index in [1.165, 1.54) is 25.3 Å². The van der Waals surface area contributed by atoms with Crippen LogP contribution in [0.4, 0.5) is 5.82 Å². The average molecular weight is 321 g/mol. The molecule has 1 fully saturated rings. The second-order valence-electron chi connectivity index (χ2n) is 5.10. The van der Waals surface area contributed by atoms with Crippen LogP contribution in [0, 0.1) is 17.2 Å². The van der Waals surface area contributed by atoms with Crippen molar-refractivity contribution in [1.29, 1.82) is 5.26 Å². The van der Waals surface area contributed by atoms with Gasteiger partial charge in [-0.1, -0.05) is 6.92 Å². The molecule has 0 bridgehead atoms. The number of nitrogens with zero attached hydrogens (tertiary/aromatic N) is 5. The van der Waals surface area contributed by atoms with E-state index in [0.29, 0.717) is 9.80 Å². The summed E-state index contributed by atoms with van der Waals surface area (Å²) in [5, 5.41) is 9.13. The Morgan fingerprint density at radius 1 is 1.83 bits per heavy atom. The van der Waals surface area contributed by atoms with Crippen molar-refractivity contribution in [3.8, 4) is 6.07 Å². The number of H-pyrrole nitrogens is 1. The highest BCUT2D eigenvalue weighted by Crippen LogP contribution is 2.28. The number of hydrogen-bond donors (Lipinski definition) is 1. The van der Waals surface area contributed by atoms with Crippen LogP contribution < -0.4 is 4.90 Å². The van der Waals surface area contributed by atoms with E-state index < -0.39 is 49.8 Å². The number of carbonyl (C=O) groups is 1. The number of nitriles is 1. The van der Waals surface area contributed by atoms with Crippen molar-refractivity contribution in [3.05, 3.63) is 18.6 Å². The fourth-order valence-corrected chi connectivity index (χ4v) is 2.40. The molecule has 2 atom stereocenters. The first-order valence-electron chi connectivity index (χ1n) is 11.4. The first kappa shape index (κ1) is 7.77. The summed E-state index contributed by atoms with van der Waals surface area (Å²) in [5.74, 6) is -2.88. The van der Waals surface area contributed by atoms with Gasteiger partial charge in [0.25, 0.3) is 0 Å². The van der Waals surface area contributed by atoms with Crippen LogP contribution in [0.15, 0.2) is 18.6 Å². The Bertz CT molecular complexity index is 1090. The Hall–Kier alpha value is -2.62. The summed E-state index contributed by atoms with van der Waals surface area (Å²) in [6.07, 6.45) is -2.26. The highest BCUT2D eigenvalue weighted by Gasteiger charge is 2.32. The molecule has 0 radical (unpaired) electrons. The van der Waals surface area contributed by atoms with E-state index in [4.69, 9.17) is 17.6 Å². The molecule has 1 N–H and O–H groups in total. The summed E-state index contributed by atoms with van der Waals surface area (Å²) in [5.41, 5.74) is 0.107. The number of piperidine rings is 1. The molecule has 120 valence electrons. The van der Waals surface area contributed by atoms with E-state index in [9.17, 15) is 4.79 Å². The fraction of sp³-hybridized carbons (Fsp3) is 0.500. The van der Waals surface area contributed by atoms with Crippen molar-refractivity contribution in [2.24, 2.45) is 5.92 Å². The molecule has 7 heteroatoms. The van der Waals surface area contributed by atoms with Crippen molar-refractivity contribution < 1.29 is 17.1 Å². The standard InChI is InChI=1S/C16H20N6O/c1-11-5-8-22(14(23)3-6-17)9-13(11)21(2)16-12-4-7-18-15(12)19-10-20-16/h4,7,10-11,13H,3,5,8-9H2,1-2H3,(H,18,19,20)/t11-,13+/m1/s1/i2D3,3D2,9D2,10D,13D. The van der Waals surface area contributed by atoms with Gasteiger partial charge in [-0.3, -0.25) is 4.79 Å². The molecule has 2 aromatic heterocycles. The van der Waals surface area contributed by atoms with Crippen LogP contribution in [0.1, 0.15) is 32.1 Å². The third-order valence-corrected chi connectivity index (χ3v) is 3.65. The predicted octanol–water partition coefficient (Wildman–Crippen LogP) is 1.54. The molecule has 23 heavy (non-hydrogen) atoms. The van der Waals surface area contributed by atoms with Gasteiger partial charge in [0.15, 0.2) is 0 Å². The number of rotatable bonds is 3. The molecule has 2 aromatic rings. The van der Waals surface area contributed by atoms with Gasteiger partial charge >= 0.3 is 0 Å². The smallest absolute Gasteiger partial charge is 0.236 e. The molecule has 0 spiro atoms. The zero-order valence-corrected chi connectivity index (χ0v) is 12.3. The quantitative estimate of drug-likeness (QED) is 0.926. The number of amides is 1. The van der Waals surface area contributed by atoms with Gasteiger partial charge in [-0.25, -0.2) is 9.97 Å². The van der Waals surface area contributed by atoms with Gasteiger partial charge in [0.2, 0.25) is 5.91 Å². The fourth-order valence-electron chi connectivity index (χ4n) is 2.40. The predicted molar refractivity (Wildman–Crippen MR) is 86.7 cm³/mol. The largest absolute Gasteiger partial charge is 0.354 e. The molecule has 3 heterocycles. The first-order valence-corrected chi connectivity index (χ1v) is 6.94. The van der Waals surface area contributed by atoms with Crippen molar-refractivity contribution >= 4 is 22.8 Å². The molecule has 7 nitrogen and oxygen atoms in total. The lowest BCUT2D eigenvalue weighted by atomic mass is 9.92. The van der Waals surface area contributed by atoms with Gasteiger partial charge < -0.3 is 14.8 Å². The first-order chi connectivity index (χ1) is 14.6. The van der Waals surface area contributed by atoms with Gasteiger partial charge in [-0.05, 0) is 18.4 Å². The second kappa shape index (κ2) is 6.24. The van der Waals surface area contributed by atoms with Crippen LogP contribution in [-0.2, 0) is 4.79 Å². The maximum Gasteiger partial charge on any atom is 0.236 e. The van der Waals surface area contributed by atoms with Gasteiger partial charge in [0.1, 0.15) is 25.5 Å². The molecule has 0 unspecified atom stereocenters. The van der Waals surface area contributed by atoms with E-state index >= 15 is 0 Å². The highest BCUT2D eigenvalue weighted by atomic mass is 16.2. The molecule has 3 rings (SSSR count). The summed E-state index contributed by atoms with van der Waals surface area (Å²) in [6, 6.07) is -0.0946. The summed E-state index contributed by atoms with van der Waals surface area (Å²) in [4.78, 5) is 24.0. The van der Waals surface area contributed by atoms with Crippen molar-refractivity contribution in [2.45, 2.75) is 25.7 Å². The maximum atomic E-state index is 12.7. The molecular formula is C16H20N6O. The molecule has 1 aliphatic rings. The van der Waals surface area contributed by atoms with Crippen molar-refractivity contribution in [3.63, 3.8) is 0 Å². The van der Waals surface area contributed by atoms with Gasteiger partial charge in [0.05, 0.1) is 24.3 Å². The van der Waals surface area contributed by atoms with Crippen molar-refractivity contribution in [2.75, 3.05) is 24.9 Å². The van der Waals surface area contributed by atoms with Crippen LogP contribution in [-0.4, -0.2) is 51.8 Å². The number of anilines is 1. The minimum absolute atomic E-state index is 0.0437. The zero-order chi connectivity index (χ0) is 24.3. The summed E-state index contributed by atoms with van der Waals surface area (Å²) in [6.45, 7) is -5.08. The molecule has 0 aliphatic carbocycles. The van der Waals surface area contributed by atoms with E-state index in [-0.39, 0.29) is 24.0 Å². The van der Waals surface area contributed by atoms with E-state index in [1.807, 2.05) is 0 Å². The van der Waals surface area contributed by atoms with Crippen LogP contribution >= 0.6 is 0 Å². The Morgan fingerprint density at radius 2 is 2.70 bits per heavy atom. The number of aromatic nitrogens is 3. The lowest BCUT2D eigenvalue weighted by Crippen LogP contribution is -2.52. The number of nitrogens with one attached hydrogen (secondary N) is 1. The Morgan fingerprint density at radius 3 is 3.48 bits per heavy atom. The molecular weight excluding hydrogens is 292 g/mol. The van der Waals surface area contributed by atoms with Crippen molar-refractivity contribution in [1.82, 2.24) is 19.9 Å². The summed E-state index contributed by atoms with van der Waals surface area (Å²) >= 11 is 0. The number of aromatic amines is 1. The number of likely N-dealkylation sites (tertiary alicyclic amines) is 1. The van der Waals surface area contributed by atoms with Crippen LogP contribution in [0.2, 0.25) is 0 Å². The average Bonchev–Trinajstić information content (AvgIpc) is 3.13. The maximum absolute atomic E-state index is 12.7. The summed E-state index contributed by atoms with van der Waals surface area (Å²) in [7, 11) is 0. The highest BCUT2D eigenvalue weighted by molar-refractivity contribution is 5.87. The second-order valence-corrected chi connectivity index (χ2v) is 5.10. The third kappa shape index (κ3) is 2.84. The van der Waals surface area contributed by atoms with E-state index in [1.54, 1.807) is 0 Å². The van der Waals surface area contributed by atoms with Gasteiger partial charge in [-0.15, -0.1) is 0 Å². The third-order valence-electron chi connectivity index (χ3n) is 3.65. The Kier molecular flexibility index (Phi) is 2.11. The topological polar surface area (TPSA) is 88.9 Å². The monoisotopic (exact) mass is 321 g/mol. The van der Waals surface area contributed by atoms with Crippen LogP contribution in [0.3, 0.4) is 0 Å². The van der Waals surface area contributed by atoms with Crippen LogP contribution in [0.25, 0.3) is 11.0 Å². The number of fused-ring (bicyclic) bond motifs is 1. The number of likely N-dealkylation sites (N-methyl/N-ethyl adjacent to an activating group) is 1. The minimum atomic E-state index is -3.14. The van der Waals surface area contributed by atoms with Crippen LogP contribution in [0.5, 0.6) is 0 Å². The number of hydrogen-bond acceptors (Lipinski definition) is 5. The minimum Gasteiger partial charge on any atom is -0.354 e. The number of carbonyl (C=O) groups excluding carboxylic acids is 1. The lowest BCUT2D eigenvalue weighted by molar-refractivity contribution is -0.131. The molecule has 0 aromatic carbocycles. The molecule has 1 aliphatic heterocycles. The SMILES string of the molecule is [2H]c1nc(N(C([2H])([2H])[2H])[C@]2([2H])[C@H](C)CCN(C(=O)C([2H])([2H])C#N)C2([2H])[2H])c2cc[nH]c2n1. The van der Waals surface area contributed by atoms with E-state index in [0.717, 1.165) is 0 Å². The van der Waals surface area contributed by atoms with E-state index in [2.05, 4.69) is 15.0 Å². The zero-order valence-electron chi connectivity index (χ0n) is 21.3. The molecule has 1 saturated heterocycles. The Balaban J connectivity index is 2.28. The van der Waals surface area contributed by atoms with Gasteiger partial charge in [-0.2, -0.15) is 5.26 Å². The molecule has 1 amide bonds.